The summed E-state index contributed by atoms with van der Waals surface area (Å²) >= 11 is 0. The van der Waals surface area contributed by atoms with Crippen LogP contribution in [0.1, 0.15) is 23.6 Å². The minimum Gasteiger partial charge on any atom is -0.493 e. The fourth-order valence-electron chi connectivity index (χ4n) is 3.07. The van der Waals surface area contributed by atoms with Crippen molar-refractivity contribution >= 4 is 29.9 Å². The molecule has 0 amide bonds. The Hall–Kier alpha value is -2.00. The first kappa shape index (κ1) is 26.0. The molecule has 0 spiro atoms. The number of guanidine groups is 1. The highest BCUT2D eigenvalue weighted by atomic mass is 127. The fraction of sp³-hybridized carbons (Fsp3) is 0.435. The molecule has 0 aliphatic rings. The van der Waals surface area contributed by atoms with E-state index in [1.165, 1.54) is 16.7 Å². The van der Waals surface area contributed by atoms with Crippen LogP contribution in [0.2, 0.25) is 0 Å². The summed E-state index contributed by atoms with van der Waals surface area (Å²) < 4.78 is 10.7. The van der Waals surface area contributed by atoms with Gasteiger partial charge in [0.15, 0.2) is 17.5 Å². The second-order valence-electron chi connectivity index (χ2n) is 7.07. The van der Waals surface area contributed by atoms with Crippen molar-refractivity contribution in [3.05, 3.63) is 59.2 Å². The first-order valence-electron chi connectivity index (χ1n) is 10.0. The lowest BCUT2D eigenvalue weighted by Gasteiger charge is -2.15. The molecule has 2 aromatic carbocycles. The molecule has 0 saturated heterocycles. The van der Waals surface area contributed by atoms with Crippen LogP contribution in [-0.4, -0.2) is 52.3 Å². The Labute approximate surface area is 198 Å². The highest BCUT2D eigenvalue weighted by Crippen LogP contribution is 2.27. The van der Waals surface area contributed by atoms with E-state index in [2.05, 4.69) is 66.9 Å². The van der Waals surface area contributed by atoms with Crippen LogP contribution in [0.4, 0.5) is 0 Å². The van der Waals surface area contributed by atoms with Gasteiger partial charge in [0.2, 0.25) is 0 Å². The summed E-state index contributed by atoms with van der Waals surface area (Å²) in [6, 6.07) is 14.5. The number of ether oxygens (including phenoxy) is 2. The second-order valence-corrected chi connectivity index (χ2v) is 7.07. The van der Waals surface area contributed by atoms with Crippen LogP contribution in [0, 0.1) is 0 Å². The summed E-state index contributed by atoms with van der Waals surface area (Å²) in [6.45, 7) is 5.23. The summed E-state index contributed by atoms with van der Waals surface area (Å²) in [6.07, 6.45) is 0.863. The SMILES string of the molecule is CCNC(=NCc1ccccc1CN(C)C)NCCc1ccc(OC)c(OC)c1.I. The molecule has 166 valence electrons. The first-order valence-corrected chi connectivity index (χ1v) is 10.0. The van der Waals surface area contributed by atoms with Crippen molar-refractivity contribution in [1.29, 1.82) is 0 Å². The molecular formula is C23H35IN4O2. The average molecular weight is 526 g/mol. The Morgan fingerprint density at radius 2 is 1.67 bits per heavy atom. The van der Waals surface area contributed by atoms with Crippen LogP contribution in [-0.2, 0) is 19.5 Å². The van der Waals surface area contributed by atoms with Gasteiger partial charge in [0.05, 0.1) is 20.8 Å². The summed E-state index contributed by atoms with van der Waals surface area (Å²) in [7, 11) is 7.47. The van der Waals surface area contributed by atoms with Crippen LogP contribution in [0.5, 0.6) is 11.5 Å². The van der Waals surface area contributed by atoms with Crippen molar-refractivity contribution < 1.29 is 9.47 Å². The number of nitrogens with zero attached hydrogens (tertiary/aromatic N) is 2. The Morgan fingerprint density at radius 3 is 2.30 bits per heavy atom. The van der Waals surface area contributed by atoms with E-state index in [0.717, 1.165) is 43.5 Å². The van der Waals surface area contributed by atoms with Crippen molar-refractivity contribution in [2.75, 3.05) is 41.4 Å². The average Bonchev–Trinajstić information content (AvgIpc) is 2.72. The van der Waals surface area contributed by atoms with Gasteiger partial charge in [-0.25, -0.2) is 4.99 Å². The van der Waals surface area contributed by atoms with Gasteiger partial charge in [-0.2, -0.15) is 0 Å². The van der Waals surface area contributed by atoms with Crippen molar-refractivity contribution in [2.24, 2.45) is 4.99 Å². The zero-order valence-electron chi connectivity index (χ0n) is 18.7. The summed E-state index contributed by atoms with van der Waals surface area (Å²) in [5.74, 6) is 2.33. The molecule has 0 atom stereocenters. The molecule has 0 aliphatic carbocycles. The zero-order chi connectivity index (χ0) is 21.1. The van der Waals surface area contributed by atoms with E-state index in [9.17, 15) is 0 Å². The Morgan fingerprint density at radius 1 is 0.967 bits per heavy atom. The maximum Gasteiger partial charge on any atom is 0.191 e. The topological polar surface area (TPSA) is 58.1 Å². The number of benzene rings is 2. The van der Waals surface area contributed by atoms with Crippen molar-refractivity contribution in [1.82, 2.24) is 15.5 Å². The Balaban J connectivity index is 0.00000450. The molecule has 0 heterocycles. The van der Waals surface area contributed by atoms with Crippen molar-refractivity contribution in [3.63, 3.8) is 0 Å². The van der Waals surface area contributed by atoms with Crippen LogP contribution >= 0.6 is 24.0 Å². The van der Waals surface area contributed by atoms with Crippen molar-refractivity contribution in [2.45, 2.75) is 26.4 Å². The van der Waals surface area contributed by atoms with E-state index in [4.69, 9.17) is 14.5 Å². The smallest absolute Gasteiger partial charge is 0.191 e. The largest absolute Gasteiger partial charge is 0.493 e. The van der Waals surface area contributed by atoms with Crippen molar-refractivity contribution in [3.8, 4) is 11.5 Å². The van der Waals surface area contributed by atoms with E-state index < -0.39 is 0 Å². The molecule has 0 radical (unpaired) electrons. The maximum absolute atomic E-state index is 5.38. The molecule has 0 saturated carbocycles. The van der Waals surface area contributed by atoms with Gasteiger partial charge in [0.1, 0.15) is 0 Å². The number of aliphatic imine (C=N–C) groups is 1. The maximum atomic E-state index is 5.38. The van der Waals surface area contributed by atoms with E-state index in [0.29, 0.717) is 6.54 Å². The van der Waals surface area contributed by atoms with Crippen LogP contribution in [0.15, 0.2) is 47.5 Å². The number of hydrogen-bond acceptors (Lipinski definition) is 4. The molecule has 0 fully saturated rings. The Kier molecular flexibility index (Phi) is 12.2. The fourth-order valence-corrected chi connectivity index (χ4v) is 3.07. The first-order chi connectivity index (χ1) is 14.1. The molecule has 7 heteroatoms. The summed E-state index contributed by atoms with van der Waals surface area (Å²) in [4.78, 5) is 6.95. The third-order valence-corrected chi connectivity index (χ3v) is 4.51. The third kappa shape index (κ3) is 8.39. The monoisotopic (exact) mass is 526 g/mol. The van der Waals surface area contributed by atoms with E-state index in [1.54, 1.807) is 14.2 Å². The van der Waals surface area contributed by atoms with Gasteiger partial charge >= 0.3 is 0 Å². The van der Waals surface area contributed by atoms with Crippen LogP contribution < -0.4 is 20.1 Å². The molecule has 0 aromatic heterocycles. The number of nitrogens with one attached hydrogen (secondary N) is 2. The minimum atomic E-state index is 0. The van der Waals surface area contributed by atoms with E-state index >= 15 is 0 Å². The van der Waals surface area contributed by atoms with Gasteiger partial charge in [0, 0.05) is 19.6 Å². The molecule has 0 unspecified atom stereocenters. The third-order valence-electron chi connectivity index (χ3n) is 4.51. The molecule has 30 heavy (non-hydrogen) atoms. The number of methoxy groups -OCH3 is 2. The van der Waals surface area contributed by atoms with E-state index in [-0.39, 0.29) is 24.0 Å². The normalized spacial score (nSPS) is 11.1. The highest BCUT2D eigenvalue weighted by Gasteiger charge is 2.06. The van der Waals surface area contributed by atoms with Gasteiger partial charge in [0.25, 0.3) is 0 Å². The predicted octanol–water partition coefficient (Wildman–Crippen LogP) is 3.68. The standard InChI is InChI=1S/C23H34N4O2.HI/c1-6-24-23(26-16-19-9-7-8-10-20(19)17-27(2)3)25-14-13-18-11-12-21(28-4)22(15-18)29-5;/h7-12,15H,6,13-14,16-17H2,1-5H3,(H2,24,25,26);1H. The van der Waals surface area contributed by atoms with Gasteiger partial charge < -0.3 is 25.0 Å². The molecule has 2 rings (SSSR count). The minimum absolute atomic E-state index is 0. The lowest BCUT2D eigenvalue weighted by Crippen LogP contribution is -2.38. The van der Waals surface area contributed by atoms with Crippen LogP contribution in [0.25, 0.3) is 0 Å². The quantitative estimate of drug-likeness (QED) is 0.281. The molecular weight excluding hydrogens is 491 g/mol. The zero-order valence-corrected chi connectivity index (χ0v) is 21.0. The molecule has 2 aromatic rings. The number of halogens is 1. The predicted molar refractivity (Wildman–Crippen MR) is 135 cm³/mol. The summed E-state index contributed by atoms with van der Waals surface area (Å²) in [5.41, 5.74) is 3.74. The molecule has 2 N–H and O–H groups in total. The number of hydrogen-bond donors (Lipinski definition) is 2. The molecule has 0 aliphatic heterocycles. The van der Waals surface area contributed by atoms with Crippen LogP contribution in [0.3, 0.4) is 0 Å². The van der Waals surface area contributed by atoms with Gasteiger partial charge in [-0.3, -0.25) is 0 Å². The molecule has 0 bridgehead atoms. The van der Waals surface area contributed by atoms with Gasteiger partial charge in [-0.15, -0.1) is 24.0 Å². The number of rotatable bonds is 10. The van der Waals surface area contributed by atoms with Gasteiger partial charge in [-0.05, 0) is 56.3 Å². The Bertz CT molecular complexity index is 797. The lowest BCUT2D eigenvalue weighted by atomic mass is 10.1. The lowest BCUT2D eigenvalue weighted by molar-refractivity contribution is 0.354. The summed E-state index contributed by atoms with van der Waals surface area (Å²) in [5, 5.41) is 6.75. The second kappa shape index (κ2) is 14.1. The van der Waals surface area contributed by atoms with Gasteiger partial charge in [-0.1, -0.05) is 30.3 Å². The van der Waals surface area contributed by atoms with E-state index in [1.807, 2.05) is 12.1 Å². The highest BCUT2D eigenvalue weighted by molar-refractivity contribution is 14.0. The molecule has 6 nitrogen and oxygen atoms in total.